The number of rotatable bonds is 8. The average molecular weight is 425 g/mol. The van der Waals surface area contributed by atoms with Crippen LogP contribution in [0.5, 0.6) is 0 Å². The molecule has 0 fully saturated rings. The number of benzene rings is 2. The van der Waals surface area contributed by atoms with E-state index in [1.165, 1.54) is 0 Å². The van der Waals surface area contributed by atoms with Gasteiger partial charge in [-0.1, -0.05) is 37.3 Å². The van der Waals surface area contributed by atoms with Gasteiger partial charge in [0.2, 0.25) is 0 Å². The maximum Gasteiger partial charge on any atom is 0.344 e. The van der Waals surface area contributed by atoms with Gasteiger partial charge in [-0.15, -0.1) is 0 Å². The SMILES string of the molecule is CCC(C(=O)Nc1c(C)cc(C#N)cc1C)[P+](C)(C)CC(=O)OCc1ccccc1. The minimum atomic E-state index is -1.91. The summed E-state index contributed by atoms with van der Waals surface area (Å²) in [5, 5.41) is 12.2. The lowest BCUT2D eigenvalue weighted by Crippen LogP contribution is -2.32. The maximum absolute atomic E-state index is 13.1. The first-order chi connectivity index (χ1) is 14.2. The molecule has 0 heterocycles. The van der Waals surface area contributed by atoms with Gasteiger partial charge in [0.1, 0.15) is 12.3 Å². The maximum atomic E-state index is 13.1. The van der Waals surface area contributed by atoms with E-state index in [1.54, 1.807) is 12.1 Å². The topological polar surface area (TPSA) is 79.2 Å². The molecule has 158 valence electrons. The van der Waals surface area contributed by atoms with Gasteiger partial charge < -0.3 is 10.1 Å². The third-order valence-electron chi connectivity index (χ3n) is 5.22. The van der Waals surface area contributed by atoms with Crippen LogP contribution in [0.2, 0.25) is 0 Å². The molecule has 0 bridgehead atoms. The van der Waals surface area contributed by atoms with E-state index < -0.39 is 7.26 Å². The van der Waals surface area contributed by atoms with Crippen LogP contribution >= 0.6 is 7.26 Å². The molecule has 2 rings (SSSR count). The highest BCUT2D eigenvalue weighted by atomic mass is 31.2. The second-order valence-corrected chi connectivity index (χ2v) is 12.6. The number of amides is 1. The number of nitrogens with one attached hydrogen (secondary N) is 1. The molecule has 1 unspecified atom stereocenters. The van der Waals surface area contributed by atoms with Crippen molar-refractivity contribution in [2.75, 3.05) is 24.8 Å². The van der Waals surface area contributed by atoms with E-state index in [9.17, 15) is 9.59 Å². The van der Waals surface area contributed by atoms with Crippen LogP contribution < -0.4 is 5.32 Å². The number of nitriles is 1. The van der Waals surface area contributed by atoms with Gasteiger partial charge in [-0.3, -0.25) is 4.79 Å². The Bertz CT molecular complexity index is 926. The molecule has 0 saturated carbocycles. The van der Waals surface area contributed by atoms with E-state index in [0.717, 1.165) is 22.4 Å². The quantitative estimate of drug-likeness (QED) is 0.481. The summed E-state index contributed by atoms with van der Waals surface area (Å²) in [6.07, 6.45) is 0.907. The molecule has 1 N–H and O–H groups in total. The van der Waals surface area contributed by atoms with Gasteiger partial charge in [-0.2, -0.15) is 5.26 Å². The second-order valence-electron chi connectivity index (χ2n) is 8.09. The summed E-state index contributed by atoms with van der Waals surface area (Å²) in [6, 6.07) is 15.2. The number of hydrogen-bond acceptors (Lipinski definition) is 4. The third kappa shape index (κ3) is 6.15. The average Bonchev–Trinajstić information content (AvgIpc) is 2.69. The van der Waals surface area contributed by atoms with Crippen molar-refractivity contribution < 1.29 is 14.3 Å². The molecular weight excluding hydrogens is 395 g/mol. The first-order valence-electron chi connectivity index (χ1n) is 10.0. The van der Waals surface area contributed by atoms with Crippen LogP contribution in [0.1, 0.15) is 35.6 Å². The smallest absolute Gasteiger partial charge is 0.344 e. The number of ether oxygens (including phenoxy) is 1. The Morgan fingerprint density at radius 1 is 1.13 bits per heavy atom. The fourth-order valence-electron chi connectivity index (χ4n) is 3.66. The number of hydrogen-bond donors (Lipinski definition) is 1. The number of carbonyl (C=O) groups excluding carboxylic acids is 2. The van der Waals surface area contributed by atoms with Crippen molar-refractivity contribution in [2.24, 2.45) is 0 Å². The summed E-state index contributed by atoms with van der Waals surface area (Å²) >= 11 is 0. The molecule has 0 saturated heterocycles. The zero-order chi connectivity index (χ0) is 22.3. The molecule has 0 aromatic heterocycles. The normalized spacial score (nSPS) is 12.0. The van der Waals surface area contributed by atoms with Crippen LogP contribution in [0.3, 0.4) is 0 Å². The van der Waals surface area contributed by atoms with E-state index >= 15 is 0 Å². The summed E-state index contributed by atoms with van der Waals surface area (Å²) in [5.41, 5.74) is 3.71. The van der Waals surface area contributed by atoms with Gasteiger partial charge in [0, 0.05) is 26.3 Å². The highest BCUT2D eigenvalue weighted by Crippen LogP contribution is 2.57. The predicted molar refractivity (Wildman–Crippen MR) is 123 cm³/mol. The largest absolute Gasteiger partial charge is 0.458 e. The molecule has 0 aliphatic rings. The van der Waals surface area contributed by atoms with Gasteiger partial charge in [0.25, 0.3) is 5.91 Å². The fraction of sp³-hybridized carbons (Fsp3) is 0.375. The summed E-state index contributed by atoms with van der Waals surface area (Å²) < 4.78 is 5.45. The third-order valence-corrected chi connectivity index (χ3v) is 8.58. The van der Waals surface area contributed by atoms with Crippen LogP contribution in [0, 0.1) is 25.2 Å². The molecule has 6 heteroatoms. The number of anilines is 1. The Kier molecular flexibility index (Phi) is 8.15. The van der Waals surface area contributed by atoms with E-state index in [4.69, 9.17) is 10.00 Å². The van der Waals surface area contributed by atoms with Crippen LogP contribution in [0.15, 0.2) is 42.5 Å². The van der Waals surface area contributed by atoms with Crippen LogP contribution in [-0.2, 0) is 20.9 Å². The molecule has 0 radical (unpaired) electrons. The number of esters is 1. The van der Waals surface area contributed by atoms with Gasteiger partial charge in [-0.05, 0) is 49.1 Å². The van der Waals surface area contributed by atoms with Crippen molar-refractivity contribution in [3.8, 4) is 6.07 Å². The molecule has 1 amide bonds. The standard InChI is InChI=1S/C24H29N2O3P/c1-6-21(24(28)26-23-17(2)12-20(14-25)13-18(23)3)30(4,5)16-22(27)29-15-19-10-8-7-9-11-19/h7-13,21H,6,15-16H2,1-5H3/p+1. The van der Waals surface area contributed by atoms with Crippen molar-refractivity contribution in [1.29, 1.82) is 5.26 Å². The number of carbonyl (C=O) groups is 2. The molecule has 0 aliphatic heterocycles. The number of nitrogens with zero attached hydrogens (tertiary/aromatic N) is 1. The molecule has 1 atom stereocenters. The van der Waals surface area contributed by atoms with Crippen molar-refractivity contribution in [1.82, 2.24) is 0 Å². The molecule has 0 aliphatic carbocycles. The van der Waals surface area contributed by atoms with Crippen molar-refractivity contribution in [3.63, 3.8) is 0 Å². The molecule has 0 spiro atoms. The van der Waals surface area contributed by atoms with Crippen molar-refractivity contribution >= 4 is 24.8 Å². The van der Waals surface area contributed by atoms with E-state index in [0.29, 0.717) is 12.0 Å². The van der Waals surface area contributed by atoms with Crippen LogP contribution in [0.4, 0.5) is 5.69 Å². The first kappa shape index (κ1) is 23.6. The summed E-state index contributed by atoms with van der Waals surface area (Å²) in [7, 11) is -1.91. The second kappa shape index (κ2) is 10.4. The Morgan fingerprint density at radius 3 is 2.27 bits per heavy atom. The Hall–Kier alpha value is -2.70. The van der Waals surface area contributed by atoms with Crippen molar-refractivity contribution in [2.45, 2.75) is 39.5 Å². The van der Waals surface area contributed by atoms with E-state index in [2.05, 4.69) is 11.4 Å². The predicted octanol–water partition coefficient (Wildman–Crippen LogP) is 4.91. The molecular formula is C24H30N2O3P+. The zero-order valence-corrected chi connectivity index (χ0v) is 19.3. The van der Waals surface area contributed by atoms with Crippen molar-refractivity contribution in [3.05, 3.63) is 64.7 Å². The summed E-state index contributed by atoms with van der Waals surface area (Å²) in [6.45, 7) is 10.0. The lowest BCUT2D eigenvalue weighted by molar-refractivity contribution is -0.141. The summed E-state index contributed by atoms with van der Waals surface area (Å²) in [5.74, 6) is -0.350. The highest BCUT2D eigenvalue weighted by molar-refractivity contribution is 7.76. The van der Waals surface area contributed by atoms with E-state index in [-0.39, 0.29) is 30.3 Å². The Labute approximate surface area is 179 Å². The summed E-state index contributed by atoms with van der Waals surface area (Å²) in [4.78, 5) is 25.6. The minimum Gasteiger partial charge on any atom is -0.458 e. The lowest BCUT2D eigenvalue weighted by Gasteiger charge is -2.26. The Balaban J connectivity index is 2.06. The molecule has 5 nitrogen and oxygen atoms in total. The zero-order valence-electron chi connectivity index (χ0n) is 18.4. The van der Waals surface area contributed by atoms with Gasteiger partial charge in [0.05, 0.1) is 11.6 Å². The Morgan fingerprint density at radius 2 is 1.73 bits per heavy atom. The molecule has 2 aromatic carbocycles. The fourth-order valence-corrected chi connectivity index (χ4v) is 6.32. The van der Waals surface area contributed by atoms with E-state index in [1.807, 2.05) is 64.4 Å². The van der Waals surface area contributed by atoms with Gasteiger partial charge in [-0.25, -0.2) is 4.79 Å². The van der Waals surface area contributed by atoms with Gasteiger partial charge >= 0.3 is 5.97 Å². The van der Waals surface area contributed by atoms with Gasteiger partial charge in [0.15, 0.2) is 6.16 Å². The monoisotopic (exact) mass is 425 g/mol. The van der Waals surface area contributed by atoms with Crippen LogP contribution in [0.25, 0.3) is 0 Å². The first-order valence-corrected chi connectivity index (χ1v) is 13.0. The highest BCUT2D eigenvalue weighted by Gasteiger charge is 2.43. The van der Waals surface area contributed by atoms with Crippen LogP contribution in [-0.4, -0.2) is 37.0 Å². The lowest BCUT2D eigenvalue weighted by atomic mass is 10.0. The molecule has 2 aromatic rings. The minimum absolute atomic E-state index is 0.0809. The number of aryl methyl sites for hydroxylation is 2. The molecule has 30 heavy (non-hydrogen) atoms.